The number of benzene rings is 1. The fourth-order valence-corrected chi connectivity index (χ4v) is 3.12. The average molecular weight is 331 g/mol. The summed E-state index contributed by atoms with van der Waals surface area (Å²) in [5.41, 5.74) is 1.43. The number of aromatic hydroxyl groups is 1. The predicted molar refractivity (Wildman–Crippen MR) is 89.3 cm³/mol. The third-order valence-electron chi connectivity index (χ3n) is 4.39. The monoisotopic (exact) mass is 331 g/mol. The molecule has 3 rings (SSSR count). The summed E-state index contributed by atoms with van der Waals surface area (Å²) < 4.78 is 10.8. The number of phenolic OH excluding ortho intramolecular Hbond substituents is 1. The molecule has 1 fully saturated rings. The number of carbonyl (C=O) groups is 1. The van der Waals surface area contributed by atoms with Gasteiger partial charge in [0.15, 0.2) is 0 Å². The molecule has 1 aliphatic heterocycles. The van der Waals surface area contributed by atoms with Gasteiger partial charge in [-0.1, -0.05) is 0 Å². The van der Waals surface area contributed by atoms with Crippen LogP contribution >= 0.6 is 0 Å². The van der Waals surface area contributed by atoms with E-state index >= 15 is 0 Å². The van der Waals surface area contributed by atoms with Crippen molar-refractivity contribution in [2.24, 2.45) is 0 Å². The SMILES string of the molecule is Cc1cc(O)c2c(C)c(CC(=O)NC[C@H]3CCCO3)c(=O)oc2c1. The highest BCUT2D eigenvalue weighted by molar-refractivity contribution is 5.89. The van der Waals surface area contributed by atoms with Crippen molar-refractivity contribution in [3.8, 4) is 5.75 Å². The number of hydrogen-bond acceptors (Lipinski definition) is 5. The molecule has 128 valence electrons. The van der Waals surface area contributed by atoms with Gasteiger partial charge in [-0.15, -0.1) is 0 Å². The first-order chi connectivity index (χ1) is 11.5. The van der Waals surface area contributed by atoms with Gasteiger partial charge in [-0.05, 0) is 49.9 Å². The molecule has 0 aliphatic carbocycles. The second kappa shape index (κ2) is 6.65. The quantitative estimate of drug-likeness (QED) is 0.836. The van der Waals surface area contributed by atoms with Gasteiger partial charge in [-0.25, -0.2) is 4.79 Å². The molecule has 0 bridgehead atoms. The summed E-state index contributed by atoms with van der Waals surface area (Å²) in [4.78, 5) is 24.4. The van der Waals surface area contributed by atoms with Crippen LogP contribution in [-0.2, 0) is 16.0 Å². The Bertz CT molecular complexity index is 833. The number of ether oxygens (including phenoxy) is 1. The molecule has 24 heavy (non-hydrogen) atoms. The van der Waals surface area contributed by atoms with Crippen LogP contribution in [0.3, 0.4) is 0 Å². The van der Waals surface area contributed by atoms with Crippen LogP contribution in [0.4, 0.5) is 0 Å². The summed E-state index contributed by atoms with van der Waals surface area (Å²) in [7, 11) is 0. The molecule has 1 atom stereocenters. The molecule has 6 heteroatoms. The Balaban J connectivity index is 1.83. The van der Waals surface area contributed by atoms with E-state index in [1.54, 1.807) is 26.0 Å². The molecule has 2 aromatic rings. The molecule has 1 aromatic heterocycles. The summed E-state index contributed by atoms with van der Waals surface area (Å²) in [6.07, 6.45) is 1.91. The van der Waals surface area contributed by atoms with E-state index in [1.165, 1.54) is 0 Å². The minimum Gasteiger partial charge on any atom is -0.507 e. The Morgan fingerprint density at radius 3 is 2.88 bits per heavy atom. The number of nitrogens with one attached hydrogen (secondary N) is 1. The Morgan fingerprint density at radius 1 is 1.38 bits per heavy atom. The van der Waals surface area contributed by atoms with E-state index in [0.717, 1.165) is 25.0 Å². The fourth-order valence-electron chi connectivity index (χ4n) is 3.12. The Morgan fingerprint density at radius 2 is 2.17 bits per heavy atom. The van der Waals surface area contributed by atoms with Crippen molar-refractivity contribution in [2.75, 3.05) is 13.2 Å². The van der Waals surface area contributed by atoms with E-state index in [-0.39, 0.29) is 29.7 Å². The zero-order valence-electron chi connectivity index (χ0n) is 13.8. The van der Waals surface area contributed by atoms with E-state index in [9.17, 15) is 14.7 Å². The summed E-state index contributed by atoms with van der Waals surface area (Å²) in [5.74, 6) is -0.209. The molecule has 6 nitrogen and oxygen atoms in total. The molecular weight excluding hydrogens is 310 g/mol. The predicted octanol–water partition coefficient (Wildman–Crippen LogP) is 1.95. The van der Waals surface area contributed by atoms with Gasteiger partial charge in [0.2, 0.25) is 5.91 Å². The van der Waals surface area contributed by atoms with Crippen LogP contribution in [0.2, 0.25) is 0 Å². The minimum absolute atomic E-state index is 0.0484. The standard InChI is InChI=1S/C18H21NO5/c1-10-6-14(20)17-11(2)13(18(22)24-15(17)7-10)8-16(21)19-9-12-4-3-5-23-12/h6-7,12,20H,3-5,8-9H2,1-2H3,(H,19,21)/t12-/m1/s1. The van der Waals surface area contributed by atoms with Gasteiger partial charge < -0.3 is 19.6 Å². The molecule has 1 aliphatic rings. The highest BCUT2D eigenvalue weighted by atomic mass is 16.5. The molecule has 0 saturated carbocycles. The summed E-state index contributed by atoms with van der Waals surface area (Å²) in [6, 6.07) is 3.31. The minimum atomic E-state index is -0.544. The van der Waals surface area contributed by atoms with Crippen molar-refractivity contribution in [2.45, 2.75) is 39.2 Å². The number of fused-ring (bicyclic) bond motifs is 1. The van der Waals surface area contributed by atoms with Crippen LogP contribution in [0.15, 0.2) is 21.3 Å². The van der Waals surface area contributed by atoms with Crippen LogP contribution < -0.4 is 10.9 Å². The first-order valence-electron chi connectivity index (χ1n) is 8.10. The van der Waals surface area contributed by atoms with E-state index in [1.807, 2.05) is 0 Å². The van der Waals surface area contributed by atoms with Crippen LogP contribution in [0.25, 0.3) is 11.0 Å². The third kappa shape index (κ3) is 3.28. The van der Waals surface area contributed by atoms with Crippen molar-refractivity contribution in [1.29, 1.82) is 0 Å². The van der Waals surface area contributed by atoms with E-state index in [0.29, 0.717) is 23.1 Å². The third-order valence-corrected chi connectivity index (χ3v) is 4.39. The summed E-state index contributed by atoms with van der Waals surface area (Å²) in [6.45, 7) is 4.70. The number of amides is 1. The highest BCUT2D eigenvalue weighted by Crippen LogP contribution is 2.29. The van der Waals surface area contributed by atoms with Gasteiger partial charge >= 0.3 is 5.63 Å². The molecule has 1 saturated heterocycles. The van der Waals surface area contributed by atoms with Crippen LogP contribution in [-0.4, -0.2) is 30.3 Å². The first kappa shape index (κ1) is 16.5. The number of aryl methyl sites for hydroxylation is 2. The second-order valence-corrected chi connectivity index (χ2v) is 6.27. The molecule has 1 aromatic carbocycles. The van der Waals surface area contributed by atoms with Crippen LogP contribution in [0.1, 0.15) is 29.5 Å². The number of rotatable bonds is 4. The zero-order chi connectivity index (χ0) is 17.3. The topological polar surface area (TPSA) is 88.8 Å². The van der Waals surface area contributed by atoms with Crippen molar-refractivity contribution < 1.29 is 19.1 Å². The molecule has 0 unspecified atom stereocenters. The lowest BCUT2D eigenvalue weighted by atomic mass is 10.0. The maximum Gasteiger partial charge on any atom is 0.340 e. The van der Waals surface area contributed by atoms with Gasteiger partial charge in [0.05, 0.1) is 23.5 Å². The van der Waals surface area contributed by atoms with Gasteiger partial charge in [-0.2, -0.15) is 0 Å². The largest absolute Gasteiger partial charge is 0.507 e. The van der Waals surface area contributed by atoms with E-state index < -0.39 is 5.63 Å². The Labute approximate surface area is 139 Å². The average Bonchev–Trinajstić information content (AvgIpc) is 3.01. The summed E-state index contributed by atoms with van der Waals surface area (Å²) in [5, 5.41) is 13.4. The fraction of sp³-hybridized carbons (Fsp3) is 0.444. The maximum atomic E-state index is 12.2. The van der Waals surface area contributed by atoms with Crippen molar-refractivity contribution >= 4 is 16.9 Å². The Kier molecular flexibility index (Phi) is 4.57. The second-order valence-electron chi connectivity index (χ2n) is 6.27. The molecule has 0 radical (unpaired) electrons. The van der Waals surface area contributed by atoms with Gasteiger partial charge in [0, 0.05) is 13.2 Å². The molecule has 2 heterocycles. The van der Waals surface area contributed by atoms with E-state index in [4.69, 9.17) is 9.15 Å². The lowest BCUT2D eigenvalue weighted by Gasteiger charge is -2.12. The Hall–Kier alpha value is -2.34. The maximum absolute atomic E-state index is 12.2. The zero-order valence-corrected chi connectivity index (χ0v) is 13.8. The molecule has 0 spiro atoms. The lowest BCUT2D eigenvalue weighted by Crippen LogP contribution is -2.34. The normalized spacial score (nSPS) is 17.3. The number of phenols is 1. The van der Waals surface area contributed by atoms with Crippen LogP contribution in [0, 0.1) is 13.8 Å². The van der Waals surface area contributed by atoms with E-state index in [2.05, 4.69) is 5.32 Å². The number of carbonyl (C=O) groups excluding carboxylic acids is 1. The molecular formula is C18H21NO5. The van der Waals surface area contributed by atoms with Gasteiger partial charge in [0.1, 0.15) is 11.3 Å². The van der Waals surface area contributed by atoms with Gasteiger partial charge in [-0.3, -0.25) is 4.79 Å². The molecule has 2 N–H and O–H groups in total. The van der Waals surface area contributed by atoms with Crippen molar-refractivity contribution in [3.63, 3.8) is 0 Å². The van der Waals surface area contributed by atoms with Crippen molar-refractivity contribution in [1.82, 2.24) is 5.32 Å². The first-order valence-corrected chi connectivity index (χ1v) is 8.10. The number of hydrogen-bond donors (Lipinski definition) is 2. The highest BCUT2D eigenvalue weighted by Gasteiger charge is 2.19. The lowest BCUT2D eigenvalue weighted by molar-refractivity contribution is -0.121. The van der Waals surface area contributed by atoms with Crippen molar-refractivity contribution in [3.05, 3.63) is 39.2 Å². The smallest absolute Gasteiger partial charge is 0.340 e. The van der Waals surface area contributed by atoms with Crippen LogP contribution in [0.5, 0.6) is 5.75 Å². The summed E-state index contributed by atoms with van der Waals surface area (Å²) >= 11 is 0. The van der Waals surface area contributed by atoms with Gasteiger partial charge in [0.25, 0.3) is 0 Å². The molecule has 1 amide bonds.